The zero-order valence-corrected chi connectivity index (χ0v) is 6.22. The van der Waals surface area contributed by atoms with Gasteiger partial charge in [0.25, 0.3) is 0 Å². The van der Waals surface area contributed by atoms with Crippen LogP contribution in [0, 0.1) is 5.80 Å². The number of amides is 2. The van der Waals surface area contributed by atoms with Gasteiger partial charge in [-0.3, -0.25) is 0 Å². The van der Waals surface area contributed by atoms with E-state index in [9.17, 15) is 9.59 Å². The molecule has 58 valence electrons. The van der Waals surface area contributed by atoms with Gasteiger partial charge in [-0.25, -0.2) is 0 Å². The third-order valence-electron chi connectivity index (χ3n) is 0.780. The fraction of sp³-hybridized carbons (Fsp3) is 0.500. The molecule has 0 spiro atoms. The van der Waals surface area contributed by atoms with E-state index < -0.39 is 12.0 Å². The van der Waals surface area contributed by atoms with Crippen LogP contribution in [0.15, 0.2) is 0 Å². The van der Waals surface area contributed by atoms with Crippen molar-refractivity contribution in [2.45, 2.75) is 13.3 Å². The molecule has 0 rings (SSSR count). The second-order valence-electron chi connectivity index (χ2n) is 1.65. The molecule has 0 bridgehead atoms. The Morgan fingerprint density at radius 3 is 2.73 bits per heavy atom. The second kappa shape index (κ2) is 5.56. The third kappa shape index (κ3) is 5.24. The molecule has 2 amide bonds. The summed E-state index contributed by atoms with van der Waals surface area (Å²) in [6.07, 6.45) is -0.869. The van der Waals surface area contributed by atoms with E-state index >= 15 is 0 Å². The van der Waals surface area contributed by atoms with E-state index in [4.69, 9.17) is 7.33 Å². The molecule has 0 aliphatic carbocycles. The van der Waals surface area contributed by atoms with Crippen LogP contribution in [-0.4, -0.2) is 25.9 Å². The van der Waals surface area contributed by atoms with Crippen LogP contribution in [0.3, 0.4) is 0 Å². The first kappa shape index (κ1) is 9.78. The molecule has 1 N–H and O–H groups in total. The summed E-state index contributed by atoms with van der Waals surface area (Å²) in [5, 5.41) is 1.94. The number of carbonyl (C=O) groups is 2. The Balaban J connectivity index is 3.60. The van der Waals surface area contributed by atoms with Gasteiger partial charge in [-0.15, -0.1) is 0 Å². The molecule has 0 saturated heterocycles. The van der Waals surface area contributed by atoms with Gasteiger partial charge in [0.05, 0.1) is 0 Å². The number of ether oxygens (including phenoxy) is 1. The normalized spacial score (nSPS) is 8.27. The molecule has 0 aromatic heterocycles. The molecule has 0 atom stereocenters. The molecular formula is C6H8BNO3. The van der Waals surface area contributed by atoms with Gasteiger partial charge in [-0.2, -0.15) is 0 Å². The Morgan fingerprint density at radius 2 is 2.27 bits per heavy atom. The first-order valence-corrected chi connectivity index (χ1v) is 3.10. The molecule has 0 aliphatic rings. The summed E-state index contributed by atoms with van der Waals surface area (Å²) in [5.41, 5.74) is 0. The summed E-state index contributed by atoms with van der Waals surface area (Å²) in [4.78, 5) is 21.1. The van der Waals surface area contributed by atoms with Crippen LogP contribution in [0.4, 0.5) is 4.79 Å². The standard InChI is InChI=1S/C6H8BNO3/c1-2-11-6(10)8-5(9)3-4-7/h2-3H2,1H3,(H,8,9,10). The zero-order chi connectivity index (χ0) is 8.69. The van der Waals surface area contributed by atoms with E-state index in [1.165, 1.54) is 0 Å². The van der Waals surface area contributed by atoms with Crippen LogP contribution in [0.1, 0.15) is 13.3 Å². The monoisotopic (exact) mass is 153 g/mol. The van der Waals surface area contributed by atoms with Crippen molar-refractivity contribution in [3.63, 3.8) is 0 Å². The maximum absolute atomic E-state index is 10.6. The van der Waals surface area contributed by atoms with Gasteiger partial charge >= 0.3 is 64.7 Å². The molecule has 0 radical (unpaired) electrons. The summed E-state index contributed by atoms with van der Waals surface area (Å²) in [6, 6.07) is 0. The Bertz CT molecular complexity index is 196. The Hall–Kier alpha value is -1.22. The number of rotatable bonds is 2. The van der Waals surface area contributed by atoms with Crippen LogP contribution in [-0.2, 0) is 9.53 Å². The van der Waals surface area contributed by atoms with Crippen molar-refractivity contribution in [2.75, 3.05) is 6.61 Å². The first-order valence-electron chi connectivity index (χ1n) is 3.10. The molecule has 0 fully saturated rings. The van der Waals surface area contributed by atoms with Gasteiger partial charge in [0, 0.05) is 0 Å². The Labute approximate surface area is 65.7 Å². The number of hydrogen-bond donors (Lipinski definition) is 1. The summed E-state index contributed by atoms with van der Waals surface area (Å²) in [5.74, 6) is 1.57. The Kier molecular flexibility index (Phi) is 4.95. The molecule has 0 unspecified atom stereocenters. The number of imide groups is 1. The van der Waals surface area contributed by atoms with Crippen LogP contribution in [0.2, 0.25) is 0 Å². The van der Waals surface area contributed by atoms with E-state index in [0.717, 1.165) is 0 Å². The van der Waals surface area contributed by atoms with Gasteiger partial charge in [-0.05, 0) is 0 Å². The number of alkyl carbamates (subject to hydrolysis) is 1. The van der Waals surface area contributed by atoms with Gasteiger partial charge < -0.3 is 0 Å². The van der Waals surface area contributed by atoms with E-state index in [2.05, 4.69) is 10.5 Å². The van der Waals surface area contributed by atoms with Gasteiger partial charge in [0.1, 0.15) is 0 Å². The van der Waals surface area contributed by atoms with Gasteiger partial charge in [-0.1, -0.05) is 0 Å². The van der Waals surface area contributed by atoms with E-state index in [-0.39, 0.29) is 13.0 Å². The molecule has 5 heteroatoms. The minimum atomic E-state index is -0.757. The second-order valence-corrected chi connectivity index (χ2v) is 1.65. The maximum atomic E-state index is 10.6. The van der Waals surface area contributed by atoms with Crippen molar-refractivity contribution in [2.24, 2.45) is 0 Å². The number of hydrogen-bond acceptors (Lipinski definition) is 3. The molecular weight excluding hydrogens is 145 g/mol. The SMILES string of the molecule is B#CCC(=O)NC(=O)OCC. The van der Waals surface area contributed by atoms with Crippen molar-refractivity contribution < 1.29 is 14.3 Å². The molecule has 11 heavy (non-hydrogen) atoms. The average molecular weight is 153 g/mol. The van der Waals surface area contributed by atoms with Crippen molar-refractivity contribution in [3.8, 4) is 5.80 Å². The van der Waals surface area contributed by atoms with Crippen LogP contribution >= 0.6 is 0 Å². The van der Waals surface area contributed by atoms with Crippen molar-refractivity contribution in [3.05, 3.63) is 0 Å². The topological polar surface area (TPSA) is 55.4 Å². The molecule has 4 nitrogen and oxygen atoms in total. The molecule has 0 aromatic rings. The molecule has 0 heterocycles. The predicted octanol–water partition coefficient (Wildman–Crippen LogP) is -0.223. The van der Waals surface area contributed by atoms with Gasteiger partial charge in [0.15, 0.2) is 0 Å². The quantitative estimate of drug-likeness (QED) is 0.557. The van der Waals surface area contributed by atoms with Crippen molar-refractivity contribution >= 4 is 19.3 Å². The van der Waals surface area contributed by atoms with Crippen molar-refractivity contribution in [1.82, 2.24) is 5.32 Å². The van der Waals surface area contributed by atoms with E-state index in [1.807, 2.05) is 5.32 Å². The first-order chi connectivity index (χ1) is 5.20. The van der Waals surface area contributed by atoms with E-state index in [0.29, 0.717) is 0 Å². The Morgan fingerprint density at radius 1 is 1.64 bits per heavy atom. The zero-order valence-electron chi connectivity index (χ0n) is 6.22. The number of carbonyl (C=O) groups excluding carboxylic acids is 2. The summed E-state index contributed by atoms with van der Waals surface area (Å²) < 4.78 is 4.42. The molecule has 0 saturated carbocycles. The number of nitrogens with one attached hydrogen (secondary N) is 1. The van der Waals surface area contributed by atoms with Crippen LogP contribution < -0.4 is 5.32 Å². The van der Waals surface area contributed by atoms with E-state index in [1.54, 1.807) is 6.92 Å². The van der Waals surface area contributed by atoms with Gasteiger partial charge in [0.2, 0.25) is 0 Å². The molecule has 0 aromatic carbocycles. The fourth-order valence-electron chi connectivity index (χ4n) is 0.418. The fourth-order valence-corrected chi connectivity index (χ4v) is 0.418. The van der Waals surface area contributed by atoms with Crippen molar-refractivity contribution in [1.29, 1.82) is 0 Å². The summed E-state index contributed by atoms with van der Waals surface area (Å²) in [7, 11) is 4.82. The minimum absolute atomic E-state index is 0.112. The summed E-state index contributed by atoms with van der Waals surface area (Å²) in [6.45, 7) is 1.88. The molecule has 0 aliphatic heterocycles. The third-order valence-corrected chi connectivity index (χ3v) is 0.780. The van der Waals surface area contributed by atoms with Crippen LogP contribution in [0.5, 0.6) is 0 Å². The average Bonchev–Trinajstić information content (AvgIpc) is 1.87. The predicted molar refractivity (Wildman–Crippen MR) is 39.4 cm³/mol. The summed E-state index contributed by atoms with van der Waals surface area (Å²) >= 11 is 0. The van der Waals surface area contributed by atoms with Crippen LogP contribution in [0.25, 0.3) is 0 Å².